The van der Waals surface area contributed by atoms with Gasteiger partial charge in [-0.15, -0.1) is 0 Å². The Morgan fingerprint density at radius 1 is 0.520 bits per heavy atom. The first-order valence-corrected chi connectivity index (χ1v) is 15.3. The van der Waals surface area contributed by atoms with Crippen LogP contribution in [0.2, 0.25) is 0 Å². The molecule has 4 unspecified atom stereocenters. The van der Waals surface area contributed by atoms with Crippen molar-refractivity contribution in [3.63, 3.8) is 0 Å². The molecule has 0 radical (unpaired) electrons. The van der Waals surface area contributed by atoms with Crippen molar-refractivity contribution in [2.75, 3.05) is 0 Å². The quantitative estimate of drug-likeness (QED) is 0.0951. The Kier molecular flexibility index (Phi) is 9.75. The van der Waals surface area contributed by atoms with Crippen molar-refractivity contribution in [2.24, 2.45) is 0 Å². The average Bonchev–Trinajstić information content (AvgIpc) is 3.14. The lowest BCUT2D eigenvalue weighted by atomic mass is 9.68. The third kappa shape index (κ3) is 6.83. The summed E-state index contributed by atoms with van der Waals surface area (Å²) < 4.78 is 28.6. The fourth-order valence-electron chi connectivity index (χ4n) is 6.34. The Bertz CT molecular complexity index is 1990. The van der Waals surface area contributed by atoms with Crippen molar-refractivity contribution >= 4 is 17.2 Å². The number of Topliss-reactive ketones (excluding diaryl/α,β-unsaturated/α-hetero) is 1. The summed E-state index contributed by atoms with van der Waals surface area (Å²) in [5, 5.41) is 24.8. The number of pyridine rings is 4. The Balaban J connectivity index is 1.68. The predicted octanol–water partition coefficient (Wildman–Crippen LogP) is 7.46. The van der Waals surface area contributed by atoms with E-state index >= 15 is 4.79 Å². The van der Waals surface area contributed by atoms with Gasteiger partial charge in [-0.25, -0.2) is 8.78 Å². The normalized spacial score (nSPS) is 13.5. The van der Waals surface area contributed by atoms with Crippen LogP contribution in [0.3, 0.4) is 0 Å². The molecule has 4 atom stereocenters. The Morgan fingerprint density at radius 3 is 1.22 bits per heavy atom. The number of benzene rings is 2. The van der Waals surface area contributed by atoms with E-state index in [1.165, 1.54) is 110 Å². The van der Waals surface area contributed by atoms with Crippen LogP contribution in [0.1, 0.15) is 57.3 Å². The summed E-state index contributed by atoms with van der Waals surface area (Å²) in [6, 6.07) is 22.2. The van der Waals surface area contributed by atoms with Gasteiger partial charge in [-0.2, -0.15) is 0 Å². The molecule has 0 saturated heterocycles. The maximum absolute atomic E-state index is 15.7. The van der Waals surface area contributed by atoms with Crippen LogP contribution in [0.4, 0.5) is 20.2 Å². The number of hydrogen-bond acceptors (Lipinski definition) is 9. The zero-order valence-electron chi connectivity index (χ0n) is 26.0. The molecule has 248 valence electrons. The summed E-state index contributed by atoms with van der Waals surface area (Å²) in [5.41, 5.74) is 0.621. The van der Waals surface area contributed by atoms with Crippen LogP contribution in [0.15, 0.2) is 134 Å². The van der Waals surface area contributed by atoms with Crippen molar-refractivity contribution in [3.05, 3.63) is 200 Å². The molecule has 13 heteroatoms. The Hall–Kier alpha value is -6.63. The summed E-state index contributed by atoms with van der Waals surface area (Å²) in [6.45, 7) is 0. The molecule has 0 N–H and O–H groups in total. The molecule has 6 aromatic rings. The summed E-state index contributed by atoms with van der Waals surface area (Å²) in [4.78, 5) is 56.4. The van der Waals surface area contributed by atoms with Gasteiger partial charge in [-0.3, -0.25) is 45.0 Å². The van der Waals surface area contributed by atoms with Gasteiger partial charge in [0.05, 0.1) is 21.7 Å². The minimum Gasteiger partial charge on any atom is -0.298 e. The SMILES string of the molecule is O=C(C(c1ccncc1)C(c1ccc(F)cc1)c1ncccc1[N+](=O)[O-])C(c1ccncc1)C(c1ccc(F)cc1)c1ncccc1[N+](=O)[O-]. The minimum atomic E-state index is -1.26. The molecule has 4 aromatic heterocycles. The van der Waals surface area contributed by atoms with Gasteiger partial charge >= 0.3 is 0 Å². The van der Waals surface area contributed by atoms with Crippen molar-refractivity contribution < 1.29 is 23.4 Å². The third-order valence-electron chi connectivity index (χ3n) is 8.48. The molecule has 0 spiro atoms. The first-order chi connectivity index (χ1) is 24.2. The van der Waals surface area contributed by atoms with Crippen LogP contribution in [0, 0.1) is 31.9 Å². The molecule has 0 aliphatic heterocycles. The number of halogens is 2. The Labute approximate surface area is 283 Å². The molecule has 6 rings (SSSR count). The number of hydrogen-bond donors (Lipinski definition) is 0. The van der Waals surface area contributed by atoms with Crippen LogP contribution in [0.5, 0.6) is 0 Å². The topological polar surface area (TPSA) is 155 Å². The lowest BCUT2D eigenvalue weighted by Gasteiger charge is -2.33. The molecule has 11 nitrogen and oxygen atoms in total. The predicted molar refractivity (Wildman–Crippen MR) is 177 cm³/mol. The summed E-state index contributed by atoms with van der Waals surface area (Å²) >= 11 is 0. The van der Waals surface area contributed by atoms with Gasteiger partial charge in [0, 0.05) is 61.1 Å². The van der Waals surface area contributed by atoms with E-state index in [4.69, 9.17) is 0 Å². The largest absolute Gasteiger partial charge is 0.298 e. The fourth-order valence-corrected chi connectivity index (χ4v) is 6.34. The molecule has 4 heterocycles. The Morgan fingerprint density at radius 2 is 0.880 bits per heavy atom. The second-order valence-electron chi connectivity index (χ2n) is 11.3. The lowest BCUT2D eigenvalue weighted by molar-refractivity contribution is -0.386. The molecular formula is C37H26F2N6O5. The number of aromatic nitrogens is 4. The highest BCUT2D eigenvalue weighted by atomic mass is 19.1. The van der Waals surface area contributed by atoms with E-state index in [9.17, 15) is 29.0 Å². The number of nitro groups is 2. The number of nitrogens with zero attached hydrogens (tertiary/aromatic N) is 6. The van der Waals surface area contributed by atoms with Gasteiger partial charge in [-0.05, 0) is 82.9 Å². The molecule has 50 heavy (non-hydrogen) atoms. The van der Waals surface area contributed by atoms with Crippen molar-refractivity contribution in [1.29, 1.82) is 0 Å². The van der Waals surface area contributed by atoms with Crippen LogP contribution >= 0.6 is 0 Å². The smallest absolute Gasteiger partial charge is 0.291 e. The zero-order chi connectivity index (χ0) is 35.2. The van der Waals surface area contributed by atoms with Gasteiger partial charge in [-0.1, -0.05) is 24.3 Å². The second-order valence-corrected chi connectivity index (χ2v) is 11.3. The van der Waals surface area contributed by atoms with Gasteiger partial charge in [0.25, 0.3) is 11.4 Å². The standard InChI is InChI=1S/C37H26F2N6O5/c38-27-9-5-23(6-10-27)31(35-29(44(47)48)3-1-17-42-35)33(25-13-19-40-20-14-25)37(46)34(26-15-21-41-22-16-26)32(24-7-11-28(39)12-8-24)36-30(45(49)50)4-2-18-43-36/h1-22,31-34H. The summed E-state index contributed by atoms with van der Waals surface area (Å²) in [5.74, 6) is -6.52. The van der Waals surface area contributed by atoms with Gasteiger partial charge in [0.1, 0.15) is 28.8 Å². The molecule has 2 aromatic carbocycles. The van der Waals surface area contributed by atoms with E-state index in [-0.39, 0.29) is 22.8 Å². The maximum atomic E-state index is 15.7. The number of ketones is 1. The molecular weight excluding hydrogens is 646 g/mol. The third-order valence-corrected chi connectivity index (χ3v) is 8.48. The minimum absolute atomic E-state index is 0.0603. The average molecular weight is 673 g/mol. The number of carbonyl (C=O) groups is 1. The molecule has 0 bridgehead atoms. The van der Waals surface area contributed by atoms with Crippen molar-refractivity contribution in [1.82, 2.24) is 19.9 Å². The molecule has 0 saturated carbocycles. The van der Waals surface area contributed by atoms with E-state index in [2.05, 4.69) is 19.9 Å². The molecule has 0 aliphatic rings. The highest BCUT2D eigenvalue weighted by Gasteiger charge is 2.45. The highest BCUT2D eigenvalue weighted by molar-refractivity contribution is 5.95. The van der Waals surface area contributed by atoms with Crippen LogP contribution < -0.4 is 0 Å². The van der Waals surface area contributed by atoms with Crippen molar-refractivity contribution in [2.45, 2.75) is 23.7 Å². The zero-order valence-corrected chi connectivity index (χ0v) is 26.0. The first kappa shape index (κ1) is 33.3. The van der Waals surface area contributed by atoms with Gasteiger partial charge < -0.3 is 0 Å². The number of rotatable bonds is 12. The van der Waals surface area contributed by atoms with Gasteiger partial charge in [0.2, 0.25) is 0 Å². The number of carbonyl (C=O) groups excluding carboxylic acids is 1. The lowest BCUT2D eigenvalue weighted by Crippen LogP contribution is -2.32. The van der Waals surface area contributed by atoms with E-state index in [1.54, 1.807) is 24.3 Å². The van der Waals surface area contributed by atoms with E-state index in [0.717, 1.165) is 0 Å². The second kappa shape index (κ2) is 14.6. The van der Waals surface area contributed by atoms with Gasteiger partial charge in [0.15, 0.2) is 0 Å². The van der Waals surface area contributed by atoms with Crippen molar-refractivity contribution in [3.8, 4) is 0 Å². The summed E-state index contributed by atoms with van der Waals surface area (Å²) in [7, 11) is 0. The first-order valence-electron chi connectivity index (χ1n) is 15.3. The molecule has 0 amide bonds. The fraction of sp³-hybridized carbons (Fsp3) is 0.108. The van der Waals surface area contributed by atoms with E-state index < -0.39 is 50.9 Å². The van der Waals surface area contributed by atoms with E-state index in [1.807, 2.05) is 0 Å². The highest BCUT2D eigenvalue weighted by Crippen LogP contribution is 2.49. The molecule has 0 fully saturated rings. The van der Waals surface area contributed by atoms with E-state index in [0.29, 0.717) is 22.3 Å². The monoisotopic (exact) mass is 672 g/mol. The summed E-state index contributed by atoms with van der Waals surface area (Å²) in [6.07, 6.45) is 8.59. The van der Waals surface area contributed by atoms with Crippen LogP contribution in [-0.2, 0) is 4.79 Å². The van der Waals surface area contributed by atoms with Crippen LogP contribution in [-0.4, -0.2) is 35.6 Å². The maximum Gasteiger partial charge on any atom is 0.291 e. The molecule has 0 aliphatic carbocycles. The van der Waals surface area contributed by atoms with Crippen LogP contribution in [0.25, 0.3) is 0 Å².